The zero-order valence-electron chi connectivity index (χ0n) is 12.8. The summed E-state index contributed by atoms with van der Waals surface area (Å²) >= 11 is 0. The largest absolute Gasteiger partial charge is 0.466 e. The van der Waals surface area contributed by atoms with E-state index in [1.807, 2.05) is 13.0 Å². The van der Waals surface area contributed by atoms with Crippen LogP contribution in [0.25, 0.3) is 0 Å². The zero-order valence-corrected chi connectivity index (χ0v) is 12.8. The van der Waals surface area contributed by atoms with E-state index in [4.69, 9.17) is 4.42 Å². The molecule has 1 atom stereocenters. The van der Waals surface area contributed by atoms with Crippen LogP contribution in [0.5, 0.6) is 0 Å². The molecule has 108 valence electrons. The minimum Gasteiger partial charge on any atom is -0.466 e. The molecular weight excluding hydrogens is 234 g/mol. The highest BCUT2D eigenvalue weighted by atomic mass is 16.3. The van der Waals surface area contributed by atoms with Gasteiger partial charge in [-0.25, -0.2) is 0 Å². The summed E-state index contributed by atoms with van der Waals surface area (Å²) in [6.45, 7) is 11.1. The van der Waals surface area contributed by atoms with Crippen molar-refractivity contribution in [1.29, 1.82) is 0 Å². The second-order valence-corrected chi connectivity index (χ2v) is 5.30. The van der Waals surface area contributed by atoms with Crippen LogP contribution in [0.2, 0.25) is 0 Å². The van der Waals surface area contributed by atoms with Gasteiger partial charge in [0.2, 0.25) is 0 Å². The first kappa shape index (κ1) is 16.0. The Labute approximate surface area is 118 Å². The van der Waals surface area contributed by atoms with Crippen LogP contribution < -0.4 is 5.32 Å². The number of furan rings is 1. The highest BCUT2D eigenvalue weighted by Gasteiger charge is 2.16. The lowest BCUT2D eigenvalue weighted by atomic mass is 10.00. The summed E-state index contributed by atoms with van der Waals surface area (Å²) in [5.41, 5.74) is 1.34. The van der Waals surface area contributed by atoms with Crippen LogP contribution in [0.4, 0.5) is 0 Å². The summed E-state index contributed by atoms with van der Waals surface area (Å²) in [7, 11) is 0. The third-order valence-corrected chi connectivity index (χ3v) is 3.50. The predicted molar refractivity (Wildman–Crippen MR) is 82.5 cm³/mol. The third-order valence-electron chi connectivity index (χ3n) is 3.50. The van der Waals surface area contributed by atoms with Gasteiger partial charge in [0.25, 0.3) is 0 Å². The van der Waals surface area contributed by atoms with E-state index in [-0.39, 0.29) is 0 Å². The lowest BCUT2D eigenvalue weighted by Crippen LogP contribution is -2.22. The fraction of sp³-hybridized carbons (Fsp3) is 0.647. The van der Waals surface area contributed by atoms with Crippen LogP contribution in [-0.2, 0) is 0 Å². The Morgan fingerprint density at radius 2 is 2.11 bits per heavy atom. The van der Waals surface area contributed by atoms with Gasteiger partial charge in [0.1, 0.15) is 11.5 Å². The molecule has 0 aliphatic carbocycles. The Balaban J connectivity index is 2.51. The van der Waals surface area contributed by atoms with Crippen molar-refractivity contribution in [2.45, 2.75) is 65.3 Å². The number of aryl methyl sites for hydroxylation is 2. The molecule has 0 radical (unpaired) electrons. The molecular formula is C17H29NO. The standard InChI is InChI=1S/C17H29NO/c1-5-7-8-9-10-11-17(18-12-6-2)16-13-14(3)19-15(16)4/h5,13,17-18H,1,6-12H2,2-4H3. The van der Waals surface area contributed by atoms with Crippen molar-refractivity contribution in [1.82, 2.24) is 5.32 Å². The molecule has 2 nitrogen and oxygen atoms in total. The molecule has 0 aliphatic heterocycles. The number of allylic oxidation sites excluding steroid dienone is 1. The Morgan fingerprint density at radius 1 is 1.32 bits per heavy atom. The van der Waals surface area contributed by atoms with E-state index < -0.39 is 0 Å². The van der Waals surface area contributed by atoms with E-state index in [0.717, 1.165) is 24.5 Å². The van der Waals surface area contributed by atoms with Crippen LogP contribution in [0.1, 0.15) is 68.6 Å². The Hall–Kier alpha value is -1.02. The van der Waals surface area contributed by atoms with Gasteiger partial charge in [0, 0.05) is 11.6 Å². The minimum absolute atomic E-state index is 0.445. The molecule has 0 bridgehead atoms. The van der Waals surface area contributed by atoms with Crippen molar-refractivity contribution in [2.75, 3.05) is 6.54 Å². The van der Waals surface area contributed by atoms with Gasteiger partial charge in [-0.2, -0.15) is 0 Å². The maximum absolute atomic E-state index is 5.67. The van der Waals surface area contributed by atoms with Crippen LogP contribution in [0.3, 0.4) is 0 Å². The predicted octanol–water partition coefficient (Wildman–Crippen LogP) is 5.07. The van der Waals surface area contributed by atoms with Gasteiger partial charge in [0.15, 0.2) is 0 Å². The quantitative estimate of drug-likeness (QED) is 0.471. The number of nitrogens with one attached hydrogen (secondary N) is 1. The van der Waals surface area contributed by atoms with E-state index in [2.05, 4.69) is 31.8 Å². The van der Waals surface area contributed by atoms with E-state index >= 15 is 0 Å². The molecule has 1 heterocycles. The molecule has 1 aromatic heterocycles. The number of hydrogen-bond acceptors (Lipinski definition) is 2. The van der Waals surface area contributed by atoms with E-state index in [0.29, 0.717) is 6.04 Å². The SMILES string of the molecule is C=CCCCCCC(NCCC)c1cc(C)oc1C. The topological polar surface area (TPSA) is 25.2 Å². The van der Waals surface area contributed by atoms with Crippen molar-refractivity contribution < 1.29 is 4.42 Å². The normalized spacial score (nSPS) is 12.6. The highest BCUT2D eigenvalue weighted by Crippen LogP contribution is 2.26. The van der Waals surface area contributed by atoms with Crippen molar-refractivity contribution >= 4 is 0 Å². The van der Waals surface area contributed by atoms with Gasteiger partial charge < -0.3 is 9.73 Å². The monoisotopic (exact) mass is 263 g/mol. The molecule has 2 heteroatoms. The summed E-state index contributed by atoms with van der Waals surface area (Å²) in [4.78, 5) is 0. The van der Waals surface area contributed by atoms with Gasteiger partial charge in [-0.1, -0.05) is 25.8 Å². The summed E-state index contributed by atoms with van der Waals surface area (Å²) in [6.07, 6.45) is 9.31. The van der Waals surface area contributed by atoms with Crippen LogP contribution >= 0.6 is 0 Å². The molecule has 1 unspecified atom stereocenters. The molecule has 1 rings (SSSR count). The number of hydrogen-bond donors (Lipinski definition) is 1. The average molecular weight is 263 g/mol. The van der Waals surface area contributed by atoms with Crippen LogP contribution in [0, 0.1) is 13.8 Å². The fourth-order valence-corrected chi connectivity index (χ4v) is 2.50. The summed E-state index contributed by atoms with van der Waals surface area (Å²) < 4.78 is 5.67. The summed E-state index contributed by atoms with van der Waals surface area (Å²) in [6, 6.07) is 2.63. The van der Waals surface area contributed by atoms with Crippen LogP contribution in [0.15, 0.2) is 23.1 Å². The lowest BCUT2D eigenvalue weighted by Gasteiger charge is -2.18. The first-order valence-corrected chi connectivity index (χ1v) is 7.60. The molecule has 1 aromatic rings. The van der Waals surface area contributed by atoms with E-state index in [1.54, 1.807) is 0 Å². The molecule has 0 amide bonds. The molecule has 0 saturated heterocycles. The van der Waals surface area contributed by atoms with Gasteiger partial charge in [-0.15, -0.1) is 6.58 Å². The van der Waals surface area contributed by atoms with E-state index in [1.165, 1.54) is 37.7 Å². The first-order valence-electron chi connectivity index (χ1n) is 7.60. The zero-order chi connectivity index (χ0) is 14.1. The Kier molecular flexibility index (Phi) is 7.57. The maximum atomic E-state index is 5.67. The smallest absolute Gasteiger partial charge is 0.105 e. The highest BCUT2D eigenvalue weighted by molar-refractivity contribution is 5.24. The van der Waals surface area contributed by atoms with Gasteiger partial charge in [-0.3, -0.25) is 0 Å². The fourth-order valence-electron chi connectivity index (χ4n) is 2.50. The lowest BCUT2D eigenvalue weighted by molar-refractivity contribution is 0.453. The van der Waals surface area contributed by atoms with E-state index in [9.17, 15) is 0 Å². The minimum atomic E-state index is 0.445. The van der Waals surface area contributed by atoms with Crippen molar-refractivity contribution in [3.8, 4) is 0 Å². The Bertz CT molecular complexity index is 367. The van der Waals surface area contributed by atoms with Gasteiger partial charge in [-0.05, 0) is 52.1 Å². The van der Waals surface area contributed by atoms with Crippen molar-refractivity contribution in [2.24, 2.45) is 0 Å². The summed E-state index contributed by atoms with van der Waals surface area (Å²) in [5, 5.41) is 3.65. The molecule has 0 aliphatic rings. The molecule has 19 heavy (non-hydrogen) atoms. The van der Waals surface area contributed by atoms with Crippen LogP contribution in [-0.4, -0.2) is 6.54 Å². The number of rotatable bonds is 10. The molecule has 1 N–H and O–H groups in total. The Morgan fingerprint density at radius 3 is 2.68 bits per heavy atom. The molecule has 0 fully saturated rings. The molecule has 0 saturated carbocycles. The molecule has 0 spiro atoms. The number of unbranched alkanes of at least 4 members (excludes halogenated alkanes) is 3. The average Bonchev–Trinajstić information content (AvgIpc) is 2.72. The maximum Gasteiger partial charge on any atom is 0.105 e. The molecule has 0 aromatic carbocycles. The second-order valence-electron chi connectivity index (χ2n) is 5.30. The summed E-state index contributed by atoms with van der Waals surface area (Å²) in [5.74, 6) is 2.08. The first-order chi connectivity index (χ1) is 9.19. The van der Waals surface area contributed by atoms with Crippen molar-refractivity contribution in [3.63, 3.8) is 0 Å². The van der Waals surface area contributed by atoms with Gasteiger partial charge >= 0.3 is 0 Å². The van der Waals surface area contributed by atoms with Gasteiger partial charge in [0.05, 0.1) is 0 Å². The van der Waals surface area contributed by atoms with Crippen molar-refractivity contribution in [3.05, 3.63) is 35.8 Å². The third kappa shape index (κ3) is 5.65. The second kappa shape index (κ2) is 8.98.